The highest BCUT2D eigenvalue weighted by Gasteiger charge is 2.19. The van der Waals surface area contributed by atoms with Crippen LogP contribution >= 0.6 is 0 Å². The summed E-state index contributed by atoms with van der Waals surface area (Å²) in [6.45, 7) is 1.61. The molecule has 0 radical (unpaired) electrons. The van der Waals surface area contributed by atoms with Crippen molar-refractivity contribution in [2.75, 3.05) is 11.9 Å². The van der Waals surface area contributed by atoms with Gasteiger partial charge in [-0.2, -0.15) is 0 Å². The maximum atomic E-state index is 12.3. The van der Waals surface area contributed by atoms with Gasteiger partial charge in [-0.15, -0.1) is 0 Å². The summed E-state index contributed by atoms with van der Waals surface area (Å²) < 4.78 is 0. The first-order chi connectivity index (χ1) is 10.2. The lowest BCUT2D eigenvalue weighted by Crippen LogP contribution is -2.25. The van der Waals surface area contributed by atoms with Gasteiger partial charge in [0.25, 0.3) is 5.91 Å². The summed E-state index contributed by atoms with van der Waals surface area (Å²) in [5.41, 5.74) is 2.84. The van der Waals surface area contributed by atoms with E-state index in [9.17, 15) is 15.0 Å². The number of hydrogen-bond acceptors (Lipinski definition) is 4. The van der Waals surface area contributed by atoms with E-state index in [1.807, 2.05) is 18.2 Å². The Morgan fingerprint density at radius 1 is 1.10 bits per heavy atom. The van der Waals surface area contributed by atoms with E-state index in [4.69, 9.17) is 0 Å². The fraction of sp³-hybridized carbons (Fsp3) is 0.188. The van der Waals surface area contributed by atoms with Gasteiger partial charge >= 0.3 is 0 Å². The summed E-state index contributed by atoms with van der Waals surface area (Å²) in [5, 5.41) is 25.5. The van der Waals surface area contributed by atoms with Crippen LogP contribution in [0.1, 0.15) is 21.5 Å². The number of anilines is 1. The molecule has 1 aliphatic rings. The van der Waals surface area contributed by atoms with Crippen LogP contribution in [-0.2, 0) is 13.0 Å². The molecule has 0 aromatic heterocycles. The summed E-state index contributed by atoms with van der Waals surface area (Å²) >= 11 is 0. The van der Waals surface area contributed by atoms with Gasteiger partial charge in [0.15, 0.2) is 0 Å². The van der Waals surface area contributed by atoms with Gasteiger partial charge < -0.3 is 20.8 Å². The molecular formula is C16H16N2O3. The van der Waals surface area contributed by atoms with Crippen molar-refractivity contribution in [3.05, 3.63) is 53.1 Å². The van der Waals surface area contributed by atoms with Crippen molar-refractivity contribution in [2.45, 2.75) is 13.0 Å². The van der Waals surface area contributed by atoms with Crippen LogP contribution in [0.4, 0.5) is 5.69 Å². The Morgan fingerprint density at radius 2 is 1.81 bits per heavy atom. The molecule has 21 heavy (non-hydrogen) atoms. The predicted octanol–water partition coefficient (Wildman–Crippen LogP) is 2.00. The fourth-order valence-corrected chi connectivity index (χ4v) is 2.58. The number of amides is 1. The molecular weight excluding hydrogens is 268 g/mol. The summed E-state index contributed by atoms with van der Waals surface area (Å²) in [6, 6.07) is 9.98. The Morgan fingerprint density at radius 3 is 2.57 bits per heavy atom. The van der Waals surface area contributed by atoms with Gasteiger partial charge in [0.2, 0.25) is 0 Å². The first-order valence-corrected chi connectivity index (χ1v) is 6.80. The Bertz CT molecular complexity index is 678. The number of phenols is 2. The van der Waals surface area contributed by atoms with E-state index in [0.29, 0.717) is 12.2 Å². The van der Waals surface area contributed by atoms with Gasteiger partial charge in [-0.25, -0.2) is 0 Å². The minimum absolute atomic E-state index is 0.112. The highest BCUT2D eigenvalue weighted by Crippen LogP contribution is 2.29. The van der Waals surface area contributed by atoms with Crippen LogP contribution in [0.2, 0.25) is 0 Å². The third-order valence-electron chi connectivity index (χ3n) is 3.64. The topological polar surface area (TPSA) is 81.6 Å². The third-order valence-corrected chi connectivity index (χ3v) is 3.64. The van der Waals surface area contributed by atoms with E-state index >= 15 is 0 Å². The van der Waals surface area contributed by atoms with Gasteiger partial charge in [-0.3, -0.25) is 4.79 Å². The van der Waals surface area contributed by atoms with Crippen molar-refractivity contribution in [1.82, 2.24) is 5.32 Å². The Labute approximate surface area is 122 Å². The zero-order valence-electron chi connectivity index (χ0n) is 11.4. The molecule has 2 aromatic carbocycles. The van der Waals surface area contributed by atoms with Crippen LogP contribution in [0.5, 0.6) is 11.5 Å². The second kappa shape index (κ2) is 5.46. The SMILES string of the molecule is O=C(Nc1cccc2c1CNCC2)c1c(O)cccc1O. The second-order valence-corrected chi connectivity index (χ2v) is 5.00. The van der Waals surface area contributed by atoms with E-state index in [0.717, 1.165) is 18.5 Å². The molecule has 0 saturated carbocycles. The Hall–Kier alpha value is -2.53. The molecule has 108 valence electrons. The number of rotatable bonds is 2. The van der Waals surface area contributed by atoms with E-state index in [1.54, 1.807) is 0 Å². The minimum Gasteiger partial charge on any atom is -0.507 e. The van der Waals surface area contributed by atoms with Crippen LogP contribution in [0.15, 0.2) is 36.4 Å². The van der Waals surface area contributed by atoms with Gasteiger partial charge in [-0.05, 0) is 42.3 Å². The van der Waals surface area contributed by atoms with Gasteiger partial charge in [0.1, 0.15) is 17.1 Å². The van der Waals surface area contributed by atoms with Crippen molar-refractivity contribution in [2.24, 2.45) is 0 Å². The van der Waals surface area contributed by atoms with E-state index < -0.39 is 5.91 Å². The number of carbonyl (C=O) groups is 1. The number of carbonyl (C=O) groups excluding carboxylic acids is 1. The summed E-state index contributed by atoms with van der Waals surface area (Å²) in [4.78, 5) is 12.3. The molecule has 0 aliphatic carbocycles. The van der Waals surface area contributed by atoms with Gasteiger partial charge in [0, 0.05) is 12.2 Å². The smallest absolute Gasteiger partial charge is 0.263 e. The molecule has 2 aromatic rings. The number of nitrogens with one attached hydrogen (secondary N) is 2. The normalized spacial score (nSPS) is 13.5. The maximum Gasteiger partial charge on any atom is 0.263 e. The zero-order chi connectivity index (χ0) is 14.8. The third kappa shape index (κ3) is 2.55. The molecule has 0 bridgehead atoms. The Kier molecular flexibility index (Phi) is 3.50. The van der Waals surface area contributed by atoms with Gasteiger partial charge in [-0.1, -0.05) is 18.2 Å². The maximum absolute atomic E-state index is 12.3. The molecule has 1 heterocycles. The van der Waals surface area contributed by atoms with E-state index in [2.05, 4.69) is 10.6 Å². The molecule has 0 spiro atoms. The number of fused-ring (bicyclic) bond motifs is 1. The molecule has 5 nitrogen and oxygen atoms in total. The van der Waals surface area contributed by atoms with Crippen molar-refractivity contribution in [1.29, 1.82) is 0 Å². The number of aromatic hydroxyl groups is 2. The highest BCUT2D eigenvalue weighted by atomic mass is 16.3. The largest absolute Gasteiger partial charge is 0.507 e. The first-order valence-electron chi connectivity index (χ1n) is 6.80. The average molecular weight is 284 g/mol. The number of hydrogen-bond donors (Lipinski definition) is 4. The van der Waals surface area contributed by atoms with E-state index in [-0.39, 0.29) is 17.1 Å². The zero-order valence-corrected chi connectivity index (χ0v) is 11.4. The highest BCUT2D eigenvalue weighted by molar-refractivity contribution is 6.08. The van der Waals surface area contributed by atoms with Crippen molar-refractivity contribution >= 4 is 11.6 Å². The molecule has 0 fully saturated rings. The first kappa shape index (κ1) is 13.5. The molecule has 0 atom stereocenters. The number of benzene rings is 2. The second-order valence-electron chi connectivity index (χ2n) is 5.00. The molecule has 0 unspecified atom stereocenters. The molecule has 1 aliphatic heterocycles. The lowest BCUT2D eigenvalue weighted by molar-refractivity contribution is 0.102. The summed E-state index contributed by atoms with van der Waals surface area (Å²) in [7, 11) is 0. The van der Waals surface area contributed by atoms with Crippen molar-refractivity contribution in [3.63, 3.8) is 0 Å². The number of phenolic OH excluding ortho intramolecular Hbond substituents is 2. The van der Waals surface area contributed by atoms with E-state index in [1.165, 1.54) is 23.8 Å². The average Bonchev–Trinajstić information content (AvgIpc) is 2.47. The van der Waals surface area contributed by atoms with Gasteiger partial charge in [0.05, 0.1) is 0 Å². The fourth-order valence-electron chi connectivity index (χ4n) is 2.58. The summed E-state index contributed by atoms with van der Waals surface area (Å²) in [6.07, 6.45) is 0.918. The Balaban J connectivity index is 1.92. The predicted molar refractivity (Wildman–Crippen MR) is 79.6 cm³/mol. The van der Waals surface area contributed by atoms with Crippen molar-refractivity contribution in [3.8, 4) is 11.5 Å². The van der Waals surface area contributed by atoms with Crippen molar-refractivity contribution < 1.29 is 15.0 Å². The minimum atomic E-state index is -0.524. The monoisotopic (exact) mass is 284 g/mol. The lowest BCUT2D eigenvalue weighted by atomic mass is 9.99. The molecule has 0 saturated heterocycles. The van der Waals surface area contributed by atoms with Crippen LogP contribution < -0.4 is 10.6 Å². The van der Waals surface area contributed by atoms with Crippen LogP contribution in [0.3, 0.4) is 0 Å². The lowest BCUT2D eigenvalue weighted by Gasteiger charge is -2.20. The summed E-state index contributed by atoms with van der Waals surface area (Å²) in [5.74, 6) is -1.00. The van der Waals surface area contributed by atoms with Crippen LogP contribution in [-0.4, -0.2) is 22.7 Å². The molecule has 1 amide bonds. The molecule has 4 N–H and O–H groups in total. The quantitative estimate of drug-likeness (QED) is 0.680. The standard InChI is InChI=1S/C16H16N2O3/c19-13-5-2-6-14(20)15(13)16(21)18-12-4-1-3-10-7-8-17-9-11(10)12/h1-6,17,19-20H,7-9H2,(H,18,21). The van der Waals surface area contributed by atoms with Crippen LogP contribution in [0, 0.1) is 0 Å². The van der Waals surface area contributed by atoms with Crippen LogP contribution in [0.25, 0.3) is 0 Å². The molecule has 3 rings (SSSR count). The molecule has 5 heteroatoms.